The molecular weight excluding hydrogens is 464 g/mol. The second-order valence-electron chi connectivity index (χ2n) is 5.74. The zero-order valence-electron chi connectivity index (χ0n) is 15.1. The molecule has 0 radical (unpaired) electrons. The van der Waals surface area contributed by atoms with Crippen LogP contribution in [0.1, 0.15) is 12.5 Å². The minimum atomic E-state index is -3.93. The summed E-state index contributed by atoms with van der Waals surface area (Å²) >= 11 is 4.32. The molecule has 0 spiro atoms. The lowest BCUT2D eigenvalue weighted by Crippen LogP contribution is -2.29. The Labute approximate surface area is 176 Å². The van der Waals surface area contributed by atoms with Crippen LogP contribution in [0.15, 0.2) is 67.2 Å². The van der Waals surface area contributed by atoms with E-state index in [1.54, 1.807) is 38.3 Å². The summed E-state index contributed by atoms with van der Waals surface area (Å²) in [6.07, 6.45) is 1.70. The minimum absolute atomic E-state index is 0.0672. The number of rotatable bonds is 5. The first kappa shape index (κ1) is 20.6. The van der Waals surface area contributed by atoms with Gasteiger partial charge >= 0.3 is 0 Å². The van der Waals surface area contributed by atoms with E-state index in [1.165, 1.54) is 17.0 Å². The van der Waals surface area contributed by atoms with E-state index in [4.69, 9.17) is 4.74 Å². The number of ether oxygens (including phenoxy) is 1. The Bertz CT molecular complexity index is 1060. The lowest BCUT2D eigenvalue weighted by molar-refractivity contribution is -0.122. The Morgan fingerprint density at radius 1 is 1.21 bits per heavy atom. The second kappa shape index (κ2) is 8.50. The van der Waals surface area contributed by atoms with Crippen molar-refractivity contribution in [1.82, 2.24) is 4.90 Å². The summed E-state index contributed by atoms with van der Waals surface area (Å²) in [5.74, 6) is 0.393. The van der Waals surface area contributed by atoms with Crippen LogP contribution in [0, 0.1) is 0 Å². The molecule has 0 saturated carbocycles. The normalized spacial score (nSPS) is 17.5. The van der Waals surface area contributed by atoms with Crippen molar-refractivity contribution in [3.8, 4) is 5.75 Å². The minimum Gasteiger partial charge on any atom is -0.497 e. The molecule has 0 atom stereocenters. The molecule has 2 aromatic carbocycles. The van der Waals surface area contributed by atoms with Crippen LogP contribution < -0.4 is 4.74 Å². The molecule has 1 fully saturated rings. The molecule has 9 heteroatoms. The van der Waals surface area contributed by atoms with Crippen LogP contribution in [0.25, 0.3) is 6.08 Å². The van der Waals surface area contributed by atoms with Gasteiger partial charge in [-0.15, -0.1) is 4.40 Å². The van der Waals surface area contributed by atoms with Crippen molar-refractivity contribution >= 4 is 54.9 Å². The van der Waals surface area contributed by atoms with Crippen LogP contribution >= 0.6 is 27.7 Å². The third kappa shape index (κ3) is 4.48. The highest BCUT2D eigenvalue weighted by molar-refractivity contribution is 9.10. The SMILES string of the molecule is CCN1C(=O)/C(=C/c2cccc(OC)c2)SC1=NS(=O)(=O)c1ccc(Br)cc1. The number of thioether (sulfide) groups is 1. The van der Waals surface area contributed by atoms with Gasteiger partial charge in [0.1, 0.15) is 5.75 Å². The van der Waals surface area contributed by atoms with E-state index in [0.29, 0.717) is 17.2 Å². The number of carbonyl (C=O) groups excluding carboxylic acids is 1. The summed E-state index contributed by atoms with van der Waals surface area (Å²) < 4.78 is 35.1. The van der Waals surface area contributed by atoms with Crippen LogP contribution in [0.2, 0.25) is 0 Å². The van der Waals surface area contributed by atoms with Crippen LogP contribution in [0.5, 0.6) is 5.75 Å². The molecule has 1 aliphatic heterocycles. The molecule has 28 heavy (non-hydrogen) atoms. The fraction of sp³-hybridized carbons (Fsp3) is 0.158. The number of methoxy groups -OCH3 is 1. The van der Waals surface area contributed by atoms with E-state index < -0.39 is 10.0 Å². The van der Waals surface area contributed by atoms with Crippen LogP contribution in [0.4, 0.5) is 0 Å². The molecule has 3 rings (SSSR count). The van der Waals surface area contributed by atoms with Gasteiger partial charge in [-0.25, -0.2) is 0 Å². The standard InChI is InChI=1S/C19H17BrN2O4S2/c1-3-22-18(23)17(12-13-5-4-6-15(11-13)26-2)27-19(22)21-28(24,25)16-9-7-14(20)8-10-16/h4-12H,3H2,1-2H3/b17-12-,21-19?. The van der Waals surface area contributed by atoms with Gasteiger partial charge in [0.25, 0.3) is 15.9 Å². The van der Waals surface area contributed by atoms with E-state index >= 15 is 0 Å². The van der Waals surface area contributed by atoms with Gasteiger partial charge in [-0.1, -0.05) is 28.1 Å². The third-order valence-electron chi connectivity index (χ3n) is 3.91. The summed E-state index contributed by atoms with van der Waals surface area (Å²) in [6, 6.07) is 13.5. The molecule has 0 bridgehead atoms. The lowest BCUT2D eigenvalue weighted by Gasteiger charge is -2.11. The van der Waals surface area contributed by atoms with Crippen molar-refractivity contribution in [1.29, 1.82) is 0 Å². The number of hydrogen-bond donors (Lipinski definition) is 0. The molecule has 6 nitrogen and oxygen atoms in total. The van der Waals surface area contributed by atoms with Crippen molar-refractivity contribution in [3.05, 3.63) is 63.5 Å². The Morgan fingerprint density at radius 3 is 2.57 bits per heavy atom. The molecule has 0 aromatic heterocycles. The highest BCUT2D eigenvalue weighted by Crippen LogP contribution is 2.34. The van der Waals surface area contributed by atoms with Gasteiger partial charge in [0.2, 0.25) is 0 Å². The van der Waals surface area contributed by atoms with Crippen LogP contribution in [0.3, 0.4) is 0 Å². The van der Waals surface area contributed by atoms with Gasteiger partial charge in [-0.2, -0.15) is 8.42 Å². The Hall–Kier alpha value is -2.10. The predicted molar refractivity (Wildman–Crippen MR) is 115 cm³/mol. The Balaban J connectivity index is 1.96. The van der Waals surface area contributed by atoms with E-state index in [0.717, 1.165) is 21.8 Å². The molecular formula is C19H17BrN2O4S2. The zero-order valence-corrected chi connectivity index (χ0v) is 18.3. The number of carbonyl (C=O) groups is 1. The summed E-state index contributed by atoms with van der Waals surface area (Å²) in [5.41, 5.74) is 0.781. The highest BCUT2D eigenvalue weighted by atomic mass is 79.9. The Kier molecular flexibility index (Phi) is 6.26. The summed E-state index contributed by atoms with van der Waals surface area (Å²) in [4.78, 5) is 14.5. The zero-order chi connectivity index (χ0) is 20.3. The van der Waals surface area contributed by atoms with Crippen LogP contribution in [-0.4, -0.2) is 38.0 Å². The average molecular weight is 481 g/mol. The smallest absolute Gasteiger partial charge is 0.284 e. The first-order valence-corrected chi connectivity index (χ1v) is 11.3. The maximum absolute atomic E-state index is 12.7. The molecule has 1 heterocycles. The van der Waals surface area contributed by atoms with Gasteiger partial charge in [0.15, 0.2) is 5.17 Å². The van der Waals surface area contributed by atoms with E-state index in [2.05, 4.69) is 20.3 Å². The fourth-order valence-corrected chi connectivity index (χ4v) is 5.01. The molecule has 0 unspecified atom stereocenters. The number of likely N-dealkylation sites (N-methyl/N-ethyl adjacent to an activating group) is 1. The number of sulfonamides is 1. The van der Waals surface area contributed by atoms with Crippen molar-refractivity contribution in [2.24, 2.45) is 4.40 Å². The van der Waals surface area contributed by atoms with E-state index in [1.807, 2.05) is 18.2 Å². The third-order valence-corrected chi connectivity index (χ3v) is 6.84. The predicted octanol–water partition coefficient (Wildman–Crippen LogP) is 4.14. The molecule has 1 aliphatic rings. The molecule has 2 aromatic rings. The van der Waals surface area contributed by atoms with Crippen molar-refractivity contribution in [2.75, 3.05) is 13.7 Å². The van der Waals surface area contributed by atoms with E-state index in [-0.39, 0.29) is 16.0 Å². The molecule has 0 aliphatic carbocycles. The van der Waals surface area contributed by atoms with Crippen molar-refractivity contribution < 1.29 is 17.9 Å². The van der Waals surface area contributed by atoms with Gasteiger partial charge in [-0.05, 0) is 66.7 Å². The van der Waals surface area contributed by atoms with Crippen molar-refractivity contribution in [3.63, 3.8) is 0 Å². The topological polar surface area (TPSA) is 76.0 Å². The lowest BCUT2D eigenvalue weighted by atomic mass is 10.2. The monoisotopic (exact) mass is 480 g/mol. The van der Waals surface area contributed by atoms with Gasteiger partial charge in [0.05, 0.1) is 16.9 Å². The molecule has 1 amide bonds. The van der Waals surface area contributed by atoms with Gasteiger partial charge in [-0.3, -0.25) is 9.69 Å². The first-order valence-electron chi connectivity index (χ1n) is 8.30. The number of amidine groups is 1. The summed E-state index contributed by atoms with van der Waals surface area (Å²) in [6.45, 7) is 2.09. The summed E-state index contributed by atoms with van der Waals surface area (Å²) in [7, 11) is -2.36. The number of benzene rings is 2. The average Bonchev–Trinajstić information content (AvgIpc) is 2.95. The van der Waals surface area contributed by atoms with E-state index in [9.17, 15) is 13.2 Å². The number of halogens is 1. The fourth-order valence-electron chi connectivity index (χ4n) is 2.50. The summed E-state index contributed by atoms with van der Waals surface area (Å²) in [5, 5.41) is 0.143. The van der Waals surface area contributed by atoms with Crippen LogP contribution in [-0.2, 0) is 14.8 Å². The molecule has 146 valence electrons. The maximum Gasteiger partial charge on any atom is 0.284 e. The highest BCUT2D eigenvalue weighted by Gasteiger charge is 2.34. The molecule has 1 saturated heterocycles. The van der Waals surface area contributed by atoms with Crippen molar-refractivity contribution in [2.45, 2.75) is 11.8 Å². The molecule has 0 N–H and O–H groups in total. The largest absolute Gasteiger partial charge is 0.497 e. The second-order valence-corrected chi connectivity index (χ2v) is 9.27. The van der Waals surface area contributed by atoms with Gasteiger partial charge in [0, 0.05) is 11.0 Å². The van der Waals surface area contributed by atoms with Gasteiger partial charge < -0.3 is 4.74 Å². The quantitative estimate of drug-likeness (QED) is 0.601. The number of hydrogen-bond acceptors (Lipinski definition) is 5. The number of nitrogens with zero attached hydrogens (tertiary/aromatic N) is 2. The maximum atomic E-state index is 12.7. The number of amides is 1. The Morgan fingerprint density at radius 2 is 1.93 bits per heavy atom. The first-order chi connectivity index (χ1) is 13.3.